The minimum absolute atomic E-state index is 0. The average Bonchev–Trinajstić information content (AvgIpc) is 3.34. The average molecular weight is 383 g/mol. The number of benzene rings is 1. The Morgan fingerprint density at radius 2 is 1.65 bits per heavy atom. The number of fused-ring (bicyclic) bond motifs is 1. The summed E-state index contributed by atoms with van der Waals surface area (Å²) < 4.78 is 15.2. The Bertz CT molecular complexity index is 943. The van der Waals surface area contributed by atoms with Gasteiger partial charge in [0.25, 0.3) is 0 Å². The molecular formula is C15H11BClFNO7. The van der Waals surface area contributed by atoms with E-state index in [9.17, 15) is 14.0 Å². The summed E-state index contributed by atoms with van der Waals surface area (Å²) in [5, 5.41) is 23.8. The first kappa shape index (κ1) is 21.2. The van der Waals surface area contributed by atoms with Gasteiger partial charge in [0, 0.05) is 26.0 Å². The molecule has 3 N–H and O–H groups in total. The summed E-state index contributed by atoms with van der Waals surface area (Å²) in [5.74, 6) is -5.68. The van der Waals surface area contributed by atoms with Gasteiger partial charge < -0.3 is 19.9 Å². The molecule has 0 unspecified atom stereocenters. The normalized spacial score (nSPS) is 12.5. The molecule has 1 fully saturated rings. The van der Waals surface area contributed by atoms with Crippen LogP contribution in [0.5, 0.6) is 0 Å². The summed E-state index contributed by atoms with van der Waals surface area (Å²) in [4.78, 5) is 41.3. The monoisotopic (exact) mass is 382 g/mol. The molecule has 26 heavy (non-hydrogen) atoms. The van der Waals surface area contributed by atoms with Crippen LogP contribution in [0, 0.1) is 5.82 Å². The summed E-state index contributed by atoms with van der Waals surface area (Å²) in [6, 6.07) is 2.53. The van der Waals surface area contributed by atoms with Gasteiger partial charge in [-0.15, -0.1) is 0 Å². The molecule has 1 aromatic heterocycles. The maximum absolute atomic E-state index is 13.5. The van der Waals surface area contributed by atoms with Crippen LogP contribution in [0.15, 0.2) is 23.1 Å². The fourth-order valence-electron chi connectivity index (χ4n) is 2.15. The van der Waals surface area contributed by atoms with Crippen LogP contribution in [0.2, 0.25) is 5.02 Å². The third-order valence-corrected chi connectivity index (χ3v) is 3.72. The molecule has 1 heterocycles. The summed E-state index contributed by atoms with van der Waals surface area (Å²) in [5.41, 5.74) is -0.556. The van der Waals surface area contributed by atoms with E-state index >= 15 is 0 Å². The molecule has 135 valence electrons. The maximum Gasteiger partial charge on any atom is 0.414 e. The molecule has 11 heteroatoms. The molecule has 0 spiro atoms. The number of carboxylic acid groups (broad SMARTS) is 3. The minimum atomic E-state index is -1.82. The molecule has 0 amide bonds. The van der Waals surface area contributed by atoms with Crippen molar-refractivity contribution >= 4 is 48.8 Å². The highest BCUT2D eigenvalue weighted by Gasteiger charge is 2.27. The summed E-state index contributed by atoms with van der Waals surface area (Å²) >= 11 is 5.73. The highest BCUT2D eigenvalue weighted by molar-refractivity contribution is 6.31. The van der Waals surface area contributed by atoms with Crippen LogP contribution >= 0.6 is 11.6 Å². The number of hydrogen-bond acceptors (Lipinski definition) is 4. The lowest BCUT2D eigenvalue weighted by atomic mass is 10.1. The van der Waals surface area contributed by atoms with Gasteiger partial charge in [-0.2, -0.15) is 0 Å². The van der Waals surface area contributed by atoms with Crippen molar-refractivity contribution in [2.24, 2.45) is 0 Å². The molecular weight excluding hydrogens is 371 g/mol. The van der Waals surface area contributed by atoms with Crippen molar-refractivity contribution in [1.29, 1.82) is 0 Å². The number of hydrogen-bond donors (Lipinski definition) is 3. The topological polar surface area (TPSA) is 134 Å². The first-order chi connectivity index (χ1) is 11.6. The summed E-state index contributed by atoms with van der Waals surface area (Å²) in [7, 11) is 0. The van der Waals surface area contributed by atoms with Crippen LogP contribution < -0.4 is 5.43 Å². The quantitative estimate of drug-likeness (QED) is 0.530. The van der Waals surface area contributed by atoms with Gasteiger partial charge in [0.2, 0.25) is 5.43 Å². The third-order valence-electron chi connectivity index (χ3n) is 3.43. The van der Waals surface area contributed by atoms with Crippen LogP contribution in [-0.4, -0.2) is 46.2 Å². The van der Waals surface area contributed by atoms with Gasteiger partial charge in [-0.25, -0.2) is 18.8 Å². The van der Waals surface area contributed by atoms with E-state index in [0.29, 0.717) is 5.52 Å². The number of aromatic carboxylic acids is 1. The van der Waals surface area contributed by atoms with Gasteiger partial charge in [0.05, 0.1) is 10.5 Å². The Balaban J connectivity index is 0.000000422. The number of rotatable bonds is 2. The van der Waals surface area contributed by atoms with E-state index in [1.807, 2.05) is 0 Å². The van der Waals surface area contributed by atoms with E-state index < -0.39 is 29.2 Å². The lowest BCUT2D eigenvalue weighted by Gasteiger charge is -2.11. The van der Waals surface area contributed by atoms with E-state index in [4.69, 9.17) is 36.5 Å². The zero-order valence-corrected chi connectivity index (χ0v) is 13.7. The molecule has 1 aliphatic carbocycles. The van der Waals surface area contributed by atoms with E-state index in [1.165, 1.54) is 12.3 Å². The molecule has 0 saturated heterocycles. The van der Waals surface area contributed by atoms with Crippen LogP contribution in [0.25, 0.3) is 10.9 Å². The number of nitrogens with zero attached hydrogens (tertiary/aromatic N) is 1. The van der Waals surface area contributed by atoms with Crippen LogP contribution in [0.1, 0.15) is 29.2 Å². The van der Waals surface area contributed by atoms with Crippen LogP contribution in [-0.2, 0) is 9.59 Å². The molecule has 0 bridgehead atoms. The maximum atomic E-state index is 13.5. The fraction of sp³-hybridized carbons (Fsp3) is 0.200. The van der Waals surface area contributed by atoms with Crippen molar-refractivity contribution in [2.45, 2.75) is 18.9 Å². The van der Waals surface area contributed by atoms with E-state index in [2.05, 4.69) is 0 Å². The first-order valence-electron chi connectivity index (χ1n) is 6.87. The predicted molar refractivity (Wildman–Crippen MR) is 89.4 cm³/mol. The van der Waals surface area contributed by atoms with Gasteiger partial charge >= 0.3 is 17.9 Å². The molecule has 0 aliphatic heterocycles. The number of carbonyl (C=O) groups is 3. The van der Waals surface area contributed by atoms with Crippen molar-refractivity contribution in [1.82, 2.24) is 4.57 Å². The zero-order chi connectivity index (χ0) is 18.9. The highest BCUT2D eigenvalue weighted by atomic mass is 35.5. The first-order valence-corrected chi connectivity index (χ1v) is 7.24. The van der Waals surface area contributed by atoms with Crippen molar-refractivity contribution in [3.63, 3.8) is 0 Å². The lowest BCUT2D eigenvalue weighted by Crippen LogP contribution is -2.18. The van der Waals surface area contributed by atoms with Crippen molar-refractivity contribution in [3.8, 4) is 0 Å². The summed E-state index contributed by atoms with van der Waals surface area (Å²) in [6.45, 7) is 0. The Morgan fingerprint density at radius 1 is 1.12 bits per heavy atom. The molecule has 1 saturated carbocycles. The van der Waals surface area contributed by atoms with Crippen molar-refractivity contribution in [2.75, 3.05) is 0 Å². The van der Waals surface area contributed by atoms with Gasteiger partial charge in [0.15, 0.2) is 0 Å². The van der Waals surface area contributed by atoms with Gasteiger partial charge in [-0.1, -0.05) is 11.6 Å². The number of halogens is 2. The Morgan fingerprint density at radius 3 is 2.08 bits per heavy atom. The SMILES string of the molecule is O=C(O)C(=O)O.O=C(O)c1cn(C2CC2)c2cc(Cl)c(F)cc2c1=O.[B]. The number of aliphatic carboxylic acids is 2. The standard InChI is InChI=1S/C13H9ClFNO3.C2H2O4.B/c14-9-4-11-7(3-10(9)15)12(17)8(13(18)19)5-16(11)6-1-2-6;3-1(4)2(5)6;/h3-6H,1-2H2,(H,18,19);(H,3,4)(H,5,6);. The van der Waals surface area contributed by atoms with E-state index in [1.54, 1.807) is 4.57 Å². The molecule has 3 rings (SSSR count). The van der Waals surface area contributed by atoms with Gasteiger partial charge in [-0.05, 0) is 25.0 Å². The second kappa shape index (κ2) is 8.00. The third kappa shape index (κ3) is 4.39. The number of aromatic nitrogens is 1. The highest BCUT2D eigenvalue weighted by Crippen LogP contribution is 2.37. The molecule has 3 radical (unpaired) electrons. The molecule has 1 aromatic carbocycles. The van der Waals surface area contributed by atoms with E-state index in [0.717, 1.165) is 18.9 Å². The van der Waals surface area contributed by atoms with Crippen LogP contribution in [0.3, 0.4) is 0 Å². The Hall–Kier alpha value is -2.88. The lowest BCUT2D eigenvalue weighted by molar-refractivity contribution is -0.159. The molecule has 2 aromatic rings. The fourth-order valence-corrected chi connectivity index (χ4v) is 2.31. The molecule has 1 aliphatic rings. The second-order valence-corrected chi connectivity index (χ2v) is 5.62. The Labute approximate surface area is 152 Å². The summed E-state index contributed by atoms with van der Waals surface area (Å²) in [6.07, 6.45) is 3.14. The smallest absolute Gasteiger partial charge is 0.414 e. The van der Waals surface area contributed by atoms with E-state index in [-0.39, 0.29) is 30.4 Å². The van der Waals surface area contributed by atoms with Crippen molar-refractivity contribution in [3.05, 3.63) is 45.0 Å². The number of carboxylic acids is 3. The molecule has 0 atom stereocenters. The second-order valence-electron chi connectivity index (χ2n) is 5.21. The van der Waals surface area contributed by atoms with Gasteiger partial charge in [0.1, 0.15) is 11.4 Å². The van der Waals surface area contributed by atoms with Crippen LogP contribution in [0.4, 0.5) is 4.39 Å². The van der Waals surface area contributed by atoms with Gasteiger partial charge in [-0.3, -0.25) is 4.79 Å². The Kier molecular flexibility index (Phi) is 6.52. The predicted octanol–water partition coefficient (Wildman–Crippen LogP) is 1.60. The number of pyridine rings is 1. The van der Waals surface area contributed by atoms with Crippen molar-refractivity contribution < 1.29 is 34.1 Å². The molecule has 8 nitrogen and oxygen atoms in total. The minimum Gasteiger partial charge on any atom is -0.477 e. The largest absolute Gasteiger partial charge is 0.477 e. The zero-order valence-electron chi connectivity index (χ0n) is 13.0.